The van der Waals surface area contributed by atoms with Gasteiger partial charge in [-0.3, -0.25) is 4.90 Å². The highest BCUT2D eigenvalue weighted by Crippen LogP contribution is 2.36. The van der Waals surface area contributed by atoms with Crippen LogP contribution in [-0.4, -0.2) is 33.1 Å². The molecule has 1 aliphatic rings. The standard InChI is InChI=1S/C18H22N4OS2/c1-11-8-14(21-23-11)10-24-17-16-12(2)13(3)25-18(16)20-15(19-17)9-22-6-4-5-7-22/h8H,4-7,9-10H2,1-3H3. The van der Waals surface area contributed by atoms with Crippen LogP contribution in [0.15, 0.2) is 15.6 Å². The Morgan fingerprint density at radius 2 is 2.00 bits per heavy atom. The van der Waals surface area contributed by atoms with Gasteiger partial charge in [0.1, 0.15) is 21.4 Å². The van der Waals surface area contributed by atoms with Crippen LogP contribution in [0.4, 0.5) is 0 Å². The molecule has 0 bridgehead atoms. The number of aryl methyl sites for hydroxylation is 3. The normalized spacial score (nSPS) is 15.5. The number of nitrogens with zero attached hydrogens (tertiary/aromatic N) is 4. The van der Waals surface area contributed by atoms with Gasteiger partial charge in [-0.2, -0.15) is 0 Å². The minimum Gasteiger partial charge on any atom is -0.361 e. The first-order valence-electron chi connectivity index (χ1n) is 8.64. The average Bonchev–Trinajstić information content (AvgIpc) is 3.29. The third kappa shape index (κ3) is 3.59. The van der Waals surface area contributed by atoms with Crippen LogP contribution in [-0.2, 0) is 12.3 Å². The van der Waals surface area contributed by atoms with Crippen LogP contribution >= 0.6 is 23.1 Å². The van der Waals surface area contributed by atoms with Crippen molar-refractivity contribution in [1.29, 1.82) is 0 Å². The van der Waals surface area contributed by atoms with Crippen LogP contribution in [0.1, 0.15) is 40.6 Å². The lowest BCUT2D eigenvalue weighted by atomic mass is 10.2. The van der Waals surface area contributed by atoms with Crippen LogP contribution in [0.3, 0.4) is 0 Å². The second-order valence-corrected chi connectivity index (χ2v) is 8.78. The van der Waals surface area contributed by atoms with E-state index in [-0.39, 0.29) is 0 Å². The van der Waals surface area contributed by atoms with Crippen LogP contribution in [0.2, 0.25) is 0 Å². The Hall–Kier alpha value is -1.44. The number of aromatic nitrogens is 3. The minimum atomic E-state index is 0.765. The van der Waals surface area contributed by atoms with E-state index in [1.807, 2.05) is 13.0 Å². The second kappa shape index (κ2) is 7.05. The lowest BCUT2D eigenvalue weighted by Crippen LogP contribution is -2.20. The molecule has 0 aromatic carbocycles. The molecule has 4 rings (SSSR count). The SMILES string of the molecule is Cc1cc(CSc2nc(CN3CCCC3)nc3sc(C)c(C)c23)no1. The van der Waals surface area contributed by atoms with Gasteiger partial charge < -0.3 is 4.52 Å². The number of fused-ring (bicyclic) bond motifs is 1. The van der Waals surface area contributed by atoms with Crippen molar-refractivity contribution in [2.24, 2.45) is 0 Å². The summed E-state index contributed by atoms with van der Waals surface area (Å²) in [5, 5.41) is 6.38. The highest BCUT2D eigenvalue weighted by molar-refractivity contribution is 7.98. The maximum Gasteiger partial charge on any atom is 0.145 e. The van der Waals surface area contributed by atoms with Crippen molar-refractivity contribution in [3.63, 3.8) is 0 Å². The van der Waals surface area contributed by atoms with Crippen LogP contribution in [0.25, 0.3) is 10.2 Å². The predicted molar refractivity (Wildman–Crippen MR) is 102 cm³/mol. The van der Waals surface area contributed by atoms with E-state index in [9.17, 15) is 0 Å². The van der Waals surface area contributed by atoms with Gasteiger partial charge in [-0.05, 0) is 52.3 Å². The first-order chi connectivity index (χ1) is 12.1. The fourth-order valence-electron chi connectivity index (χ4n) is 3.20. The summed E-state index contributed by atoms with van der Waals surface area (Å²) in [5.41, 5.74) is 2.26. The third-order valence-electron chi connectivity index (χ3n) is 4.64. The van der Waals surface area contributed by atoms with Crippen molar-refractivity contribution in [2.75, 3.05) is 13.1 Å². The van der Waals surface area contributed by atoms with Crippen LogP contribution in [0.5, 0.6) is 0 Å². The zero-order chi connectivity index (χ0) is 17.4. The zero-order valence-electron chi connectivity index (χ0n) is 14.8. The Kier molecular flexibility index (Phi) is 4.80. The molecule has 0 aliphatic carbocycles. The van der Waals surface area contributed by atoms with Gasteiger partial charge >= 0.3 is 0 Å². The summed E-state index contributed by atoms with van der Waals surface area (Å²) in [4.78, 5) is 14.7. The summed E-state index contributed by atoms with van der Waals surface area (Å²) >= 11 is 3.50. The topological polar surface area (TPSA) is 55.1 Å². The highest BCUT2D eigenvalue weighted by Gasteiger charge is 2.18. The van der Waals surface area contributed by atoms with Crippen LogP contribution < -0.4 is 0 Å². The maximum absolute atomic E-state index is 5.18. The summed E-state index contributed by atoms with van der Waals surface area (Å²) in [7, 11) is 0. The first kappa shape index (κ1) is 17.0. The number of thiophene rings is 1. The van der Waals surface area contributed by atoms with Crippen molar-refractivity contribution in [1.82, 2.24) is 20.0 Å². The van der Waals surface area contributed by atoms with Gasteiger partial charge in [-0.15, -0.1) is 11.3 Å². The monoisotopic (exact) mass is 374 g/mol. The molecular weight excluding hydrogens is 352 g/mol. The highest BCUT2D eigenvalue weighted by atomic mass is 32.2. The molecule has 132 valence electrons. The smallest absolute Gasteiger partial charge is 0.145 e. The Balaban J connectivity index is 1.66. The van der Waals surface area contributed by atoms with Gasteiger partial charge in [0.05, 0.1) is 12.2 Å². The van der Waals surface area contributed by atoms with Gasteiger partial charge in [-0.25, -0.2) is 9.97 Å². The quantitative estimate of drug-likeness (QED) is 0.484. The molecule has 5 nitrogen and oxygen atoms in total. The van der Waals surface area contributed by atoms with Crippen molar-refractivity contribution >= 4 is 33.3 Å². The zero-order valence-corrected chi connectivity index (χ0v) is 16.5. The summed E-state index contributed by atoms with van der Waals surface area (Å²) < 4.78 is 5.18. The number of thioether (sulfide) groups is 1. The Morgan fingerprint density at radius 3 is 2.72 bits per heavy atom. The fraction of sp³-hybridized carbons (Fsp3) is 0.500. The summed E-state index contributed by atoms with van der Waals surface area (Å²) in [6.45, 7) is 9.42. The van der Waals surface area contributed by atoms with E-state index < -0.39 is 0 Å². The second-order valence-electron chi connectivity index (χ2n) is 6.61. The van der Waals surface area contributed by atoms with E-state index in [2.05, 4.69) is 23.9 Å². The summed E-state index contributed by atoms with van der Waals surface area (Å²) in [6.07, 6.45) is 2.57. The van der Waals surface area contributed by atoms with Crippen molar-refractivity contribution < 1.29 is 4.52 Å². The summed E-state index contributed by atoms with van der Waals surface area (Å²) in [5.74, 6) is 2.55. The molecule has 1 aliphatic heterocycles. The molecule has 0 saturated carbocycles. The molecule has 0 amide bonds. The van der Waals surface area contributed by atoms with Gasteiger partial charge in [0.15, 0.2) is 0 Å². The summed E-state index contributed by atoms with van der Waals surface area (Å²) in [6, 6.07) is 1.99. The molecule has 0 atom stereocenters. The molecule has 3 aromatic heterocycles. The van der Waals surface area contributed by atoms with Crippen molar-refractivity contribution in [3.05, 3.63) is 33.8 Å². The number of hydrogen-bond donors (Lipinski definition) is 0. The average molecular weight is 375 g/mol. The Bertz CT molecular complexity index is 896. The number of hydrogen-bond acceptors (Lipinski definition) is 7. The van der Waals surface area contributed by atoms with Gasteiger partial charge in [0.25, 0.3) is 0 Å². The maximum atomic E-state index is 5.18. The molecule has 0 N–H and O–H groups in total. The molecule has 0 radical (unpaired) electrons. The predicted octanol–water partition coefficient (Wildman–Crippen LogP) is 4.49. The van der Waals surface area contributed by atoms with Gasteiger partial charge in [-0.1, -0.05) is 16.9 Å². The Labute approximate surface area is 155 Å². The largest absolute Gasteiger partial charge is 0.361 e. The molecule has 25 heavy (non-hydrogen) atoms. The number of likely N-dealkylation sites (tertiary alicyclic amines) is 1. The van der Waals surface area contributed by atoms with Crippen molar-refractivity contribution in [3.8, 4) is 0 Å². The third-order valence-corrected chi connectivity index (χ3v) is 6.75. The van der Waals surface area contributed by atoms with Gasteiger partial charge in [0.2, 0.25) is 0 Å². The molecule has 1 fully saturated rings. The lowest BCUT2D eigenvalue weighted by Gasteiger charge is -2.14. The van der Waals surface area contributed by atoms with Crippen LogP contribution in [0, 0.1) is 20.8 Å². The molecule has 1 saturated heterocycles. The number of rotatable bonds is 5. The van der Waals surface area contributed by atoms with E-state index in [1.165, 1.54) is 28.7 Å². The fourth-order valence-corrected chi connectivity index (χ4v) is 5.30. The van der Waals surface area contributed by atoms with E-state index in [0.717, 1.165) is 52.5 Å². The first-order valence-corrected chi connectivity index (χ1v) is 10.4. The van der Waals surface area contributed by atoms with E-state index >= 15 is 0 Å². The lowest BCUT2D eigenvalue weighted by molar-refractivity contribution is 0.322. The van der Waals surface area contributed by atoms with E-state index in [0.29, 0.717) is 0 Å². The molecule has 0 unspecified atom stereocenters. The van der Waals surface area contributed by atoms with E-state index in [4.69, 9.17) is 14.5 Å². The molecular formula is C18H22N4OS2. The Morgan fingerprint density at radius 1 is 1.20 bits per heavy atom. The van der Waals surface area contributed by atoms with Gasteiger partial charge in [0, 0.05) is 22.1 Å². The van der Waals surface area contributed by atoms with E-state index in [1.54, 1.807) is 23.1 Å². The molecule has 0 spiro atoms. The molecule has 3 aromatic rings. The molecule has 7 heteroatoms. The van der Waals surface area contributed by atoms with Crippen molar-refractivity contribution in [2.45, 2.75) is 50.9 Å². The minimum absolute atomic E-state index is 0.765. The molecule has 4 heterocycles.